The molecule has 1 heterocycles. The van der Waals surface area contributed by atoms with Crippen molar-refractivity contribution in [2.45, 2.75) is 70.9 Å². The lowest BCUT2D eigenvalue weighted by molar-refractivity contribution is 0.158. The number of nitrogens with one attached hydrogen (secondary N) is 1. The molecule has 0 spiro atoms. The van der Waals surface area contributed by atoms with Gasteiger partial charge < -0.3 is 10.2 Å². The van der Waals surface area contributed by atoms with Crippen LogP contribution >= 0.6 is 0 Å². The summed E-state index contributed by atoms with van der Waals surface area (Å²) in [6, 6.07) is 1.60. The van der Waals surface area contributed by atoms with Gasteiger partial charge in [-0.1, -0.05) is 19.8 Å². The summed E-state index contributed by atoms with van der Waals surface area (Å²) >= 11 is 0. The zero-order valence-electron chi connectivity index (χ0n) is 11.8. The maximum atomic E-state index is 3.60. The van der Waals surface area contributed by atoms with E-state index in [1.165, 1.54) is 64.6 Å². The van der Waals surface area contributed by atoms with Crippen LogP contribution in [0, 0.1) is 5.92 Å². The van der Waals surface area contributed by atoms with Crippen molar-refractivity contribution in [3.05, 3.63) is 0 Å². The summed E-state index contributed by atoms with van der Waals surface area (Å²) in [6.07, 6.45) is 9.92. The Morgan fingerprint density at radius 1 is 0.882 bits per heavy atom. The van der Waals surface area contributed by atoms with Crippen LogP contribution in [0.25, 0.3) is 0 Å². The monoisotopic (exact) mass is 238 g/mol. The van der Waals surface area contributed by atoms with Crippen LogP contribution in [-0.4, -0.2) is 36.6 Å². The van der Waals surface area contributed by atoms with Gasteiger partial charge in [-0.2, -0.15) is 0 Å². The van der Waals surface area contributed by atoms with Crippen LogP contribution in [0.1, 0.15) is 58.8 Å². The van der Waals surface area contributed by atoms with Gasteiger partial charge in [0, 0.05) is 12.1 Å². The molecule has 1 saturated heterocycles. The summed E-state index contributed by atoms with van der Waals surface area (Å²) in [5, 5.41) is 3.60. The van der Waals surface area contributed by atoms with Gasteiger partial charge in [0.2, 0.25) is 0 Å². The second kappa shape index (κ2) is 6.75. The number of nitrogens with zero attached hydrogens (tertiary/aromatic N) is 1. The zero-order valence-corrected chi connectivity index (χ0v) is 11.8. The number of rotatable bonds is 1. The van der Waals surface area contributed by atoms with E-state index < -0.39 is 0 Å². The Labute approximate surface area is 107 Å². The summed E-state index contributed by atoms with van der Waals surface area (Å²) in [4.78, 5) is 2.80. The number of hydrogen-bond donors (Lipinski definition) is 1. The molecule has 1 aliphatic carbocycles. The van der Waals surface area contributed by atoms with Gasteiger partial charge in [0.25, 0.3) is 0 Å². The molecule has 0 aromatic heterocycles. The maximum absolute atomic E-state index is 3.60. The Hall–Kier alpha value is -0.0800. The van der Waals surface area contributed by atoms with Crippen LogP contribution < -0.4 is 5.32 Å². The fourth-order valence-electron chi connectivity index (χ4n) is 3.40. The zero-order chi connectivity index (χ0) is 12.1. The normalized spacial score (nSPS) is 38.1. The van der Waals surface area contributed by atoms with Crippen molar-refractivity contribution in [3.8, 4) is 0 Å². The second-order valence-corrected chi connectivity index (χ2v) is 6.30. The summed E-state index contributed by atoms with van der Waals surface area (Å²) in [5.41, 5.74) is 0. The first kappa shape index (κ1) is 13.4. The Balaban J connectivity index is 1.85. The van der Waals surface area contributed by atoms with Crippen molar-refractivity contribution in [1.29, 1.82) is 0 Å². The van der Waals surface area contributed by atoms with Crippen molar-refractivity contribution in [3.63, 3.8) is 0 Å². The van der Waals surface area contributed by atoms with Gasteiger partial charge in [0.05, 0.1) is 0 Å². The first-order chi connectivity index (χ1) is 8.25. The molecule has 2 aliphatic rings. The van der Waals surface area contributed by atoms with Crippen molar-refractivity contribution in [2.24, 2.45) is 5.92 Å². The highest BCUT2D eigenvalue weighted by Crippen LogP contribution is 2.26. The second-order valence-electron chi connectivity index (χ2n) is 6.30. The Kier molecular flexibility index (Phi) is 5.30. The minimum Gasteiger partial charge on any atom is -0.314 e. The van der Waals surface area contributed by atoms with Gasteiger partial charge in [0.1, 0.15) is 0 Å². The standard InChI is InChI=1S/C15H30N2/c1-13-5-3-6-15(8-7-13)17-11-4-10-16-14(2)9-12-17/h13-16H,3-12H2,1-2H3. The Bertz CT molecular complexity index is 217. The van der Waals surface area contributed by atoms with Crippen molar-refractivity contribution < 1.29 is 0 Å². The molecule has 100 valence electrons. The minimum absolute atomic E-state index is 0.711. The van der Waals surface area contributed by atoms with E-state index in [0.717, 1.165) is 12.0 Å². The molecule has 17 heavy (non-hydrogen) atoms. The molecule has 2 fully saturated rings. The molecule has 2 nitrogen and oxygen atoms in total. The summed E-state index contributed by atoms with van der Waals surface area (Å²) in [5.74, 6) is 0.968. The molecule has 0 aromatic rings. The van der Waals surface area contributed by atoms with E-state index in [2.05, 4.69) is 24.1 Å². The van der Waals surface area contributed by atoms with E-state index in [-0.39, 0.29) is 0 Å². The molecule has 0 radical (unpaired) electrons. The summed E-state index contributed by atoms with van der Waals surface area (Å²) in [6.45, 7) is 8.60. The molecule has 0 amide bonds. The molecule has 1 aliphatic heterocycles. The van der Waals surface area contributed by atoms with E-state index in [4.69, 9.17) is 0 Å². The van der Waals surface area contributed by atoms with Crippen LogP contribution in [0.3, 0.4) is 0 Å². The number of hydrogen-bond acceptors (Lipinski definition) is 2. The van der Waals surface area contributed by atoms with Crippen molar-refractivity contribution >= 4 is 0 Å². The third-order valence-corrected chi connectivity index (χ3v) is 4.71. The molecular formula is C15H30N2. The topological polar surface area (TPSA) is 15.3 Å². The lowest BCUT2D eigenvalue weighted by atomic mass is 10.0. The smallest absolute Gasteiger partial charge is 0.00953 e. The van der Waals surface area contributed by atoms with Crippen LogP contribution in [0.4, 0.5) is 0 Å². The highest BCUT2D eigenvalue weighted by Gasteiger charge is 2.23. The molecule has 3 unspecified atom stereocenters. The van der Waals surface area contributed by atoms with Crippen LogP contribution in [0.15, 0.2) is 0 Å². The lowest BCUT2D eigenvalue weighted by Gasteiger charge is -2.34. The highest BCUT2D eigenvalue weighted by molar-refractivity contribution is 4.79. The summed E-state index contributed by atoms with van der Waals surface area (Å²) in [7, 11) is 0. The first-order valence-corrected chi connectivity index (χ1v) is 7.73. The molecule has 0 aromatic carbocycles. The average Bonchev–Trinajstić information content (AvgIpc) is 2.50. The maximum Gasteiger partial charge on any atom is 0.00953 e. The molecular weight excluding hydrogens is 208 g/mol. The largest absolute Gasteiger partial charge is 0.314 e. The molecule has 1 N–H and O–H groups in total. The predicted molar refractivity (Wildman–Crippen MR) is 74.3 cm³/mol. The van der Waals surface area contributed by atoms with E-state index in [1.54, 1.807) is 0 Å². The van der Waals surface area contributed by atoms with Crippen molar-refractivity contribution in [1.82, 2.24) is 10.2 Å². The Morgan fingerprint density at radius 2 is 1.76 bits per heavy atom. The quantitative estimate of drug-likeness (QED) is 0.706. The van der Waals surface area contributed by atoms with Gasteiger partial charge in [-0.15, -0.1) is 0 Å². The molecule has 2 rings (SSSR count). The average molecular weight is 238 g/mol. The van der Waals surface area contributed by atoms with Gasteiger partial charge in [-0.25, -0.2) is 0 Å². The third-order valence-electron chi connectivity index (χ3n) is 4.71. The molecule has 2 heteroatoms. The predicted octanol–water partition coefficient (Wildman–Crippen LogP) is 3.03. The highest BCUT2D eigenvalue weighted by atomic mass is 15.2. The lowest BCUT2D eigenvalue weighted by Crippen LogP contribution is -2.43. The fourth-order valence-corrected chi connectivity index (χ4v) is 3.40. The molecule has 0 bridgehead atoms. The fraction of sp³-hybridized carbons (Fsp3) is 1.00. The third kappa shape index (κ3) is 4.26. The van der Waals surface area contributed by atoms with Gasteiger partial charge >= 0.3 is 0 Å². The van der Waals surface area contributed by atoms with E-state index in [0.29, 0.717) is 6.04 Å². The van der Waals surface area contributed by atoms with Crippen molar-refractivity contribution in [2.75, 3.05) is 19.6 Å². The molecule has 1 saturated carbocycles. The van der Waals surface area contributed by atoms with Crippen LogP contribution in [0.2, 0.25) is 0 Å². The van der Waals surface area contributed by atoms with Crippen LogP contribution in [0.5, 0.6) is 0 Å². The van der Waals surface area contributed by atoms with Gasteiger partial charge in [-0.3, -0.25) is 0 Å². The van der Waals surface area contributed by atoms with E-state index in [9.17, 15) is 0 Å². The SMILES string of the molecule is CC1CCCC(N2CCCNC(C)CC2)CC1. The van der Waals surface area contributed by atoms with Gasteiger partial charge in [0.15, 0.2) is 0 Å². The Morgan fingerprint density at radius 3 is 2.65 bits per heavy atom. The van der Waals surface area contributed by atoms with Crippen LogP contribution in [-0.2, 0) is 0 Å². The van der Waals surface area contributed by atoms with Gasteiger partial charge in [-0.05, 0) is 64.6 Å². The summed E-state index contributed by atoms with van der Waals surface area (Å²) < 4.78 is 0. The minimum atomic E-state index is 0.711. The van der Waals surface area contributed by atoms with E-state index >= 15 is 0 Å². The first-order valence-electron chi connectivity index (χ1n) is 7.73. The molecule has 3 atom stereocenters. The van der Waals surface area contributed by atoms with E-state index in [1.807, 2.05) is 0 Å².